The second kappa shape index (κ2) is 3.31. The summed E-state index contributed by atoms with van der Waals surface area (Å²) in [6.45, 7) is 1.27. The van der Waals surface area contributed by atoms with E-state index in [4.69, 9.17) is 9.47 Å². The topological polar surface area (TPSA) is 50.7 Å². The fourth-order valence-electron chi connectivity index (χ4n) is 2.23. The maximum atomic E-state index is 9.57. The molecule has 15 heavy (non-hydrogen) atoms. The van der Waals surface area contributed by atoms with Crippen LogP contribution in [0.3, 0.4) is 0 Å². The van der Waals surface area contributed by atoms with Crippen molar-refractivity contribution >= 4 is 0 Å². The highest BCUT2D eigenvalue weighted by molar-refractivity contribution is 5.54. The Morgan fingerprint density at radius 1 is 1.33 bits per heavy atom. The van der Waals surface area contributed by atoms with E-state index in [1.807, 2.05) is 0 Å². The summed E-state index contributed by atoms with van der Waals surface area (Å²) in [5.74, 6) is 1.67. The average molecular weight is 207 g/mol. The first-order chi connectivity index (χ1) is 7.34. The van der Waals surface area contributed by atoms with Gasteiger partial charge in [0, 0.05) is 17.7 Å². The Morgan fingerprint density at radius 2 is 2.27 bits per heavy atom. The first-order valence-electron chi connectivity index (χ1n) is 5.20. The van der Waals surface area contributed by atoms with Gasteiger partial charge in [0.1, 0.15) is 5.75 Å². The van der Waals surface area contributed by atoms with Crippen molar-refractivity contribution in [1.82, 2.24) is 5.32 Å². The first-order valence-corrected chi connectivity index (χ1v) is 5.20. The molecule has 4 nitrogen and oxygen atoms in total. The molecule has 0 spiro atoms. The van der Waals surface area contributed by atoms with Gasteiger partial charge in [-0.25, -0.2) is 0 Å². The number of phenolic OH excluding ortho intramolecular Hbond substituents is 1. The fourth-order valence-corrected chi connectivity index (χ4v) is 2.23. The predicted molar refractivity (Wildman–Crippen MR) is 54.2 cm³/mol. The van der Waals surface area contributed by atoms with Gasteiger partial charge < -0.3 is 19.9 Å². The second-order valence-electron chi connectivity index (χ2n) is 3.92. The zero-order valence-electron chi connectivity index (χ0n) is 8.32. The normalized spacial score (nSPS) is 23.3. The highest BCUT2D eigenvalue weighted by Crippen LogP contribution is 2.43. The lowest BCUT2D eigenvalue weighted by Crippen LogP contribution is -2.13. The number of rotatable bonds is 1. The van der Waals surface area contributed by atoms with E-state index in [0.29, 0.717) is 5.75 Å². The van der Waals surface area contributed by atoms with E-state index in [1.165, 1.54) is 0 Å². The van der Waals surface area contributed by atoms with Gasteiger partial charge >= 0.3 is 0 Å². The number of hydrogen-bond acceptors (Lipinski definition) is 4. The van der Waals surface area contributed by atoms with E-state index in [-0.39, 0.29) is 18.6 Å². The molecule has 2 aliphatic heterocycles. The molecule has 1 aromatic rings. The van der Waals surface area contributed by atoms with Crippen LogP contribution < -0.4 is 14.8 Å². The minimum Gasteiger partial charge on any atom is -0.508 e. The molecule has 2 N–H and O–H groups in total. The van der Waals surface area contributed by atoms with Crippen molar-refractivity contribution in [1.29, 1.82) is 0 Å². The van der Waals surface area contributed by atoms with Crippen LogP contribution in [0.1, 0.15) is 24.4 Å². The van der Waals surface area contributed by atoms with Crippen LogP contribution in [0.25, 0.3) is 0 Å². The lowest BCUT2D eigenvalue weighted by molar-refractivity contribution is 0.172. The minimum absolute atomic E-state index is 0.239. The third-order valence-electron chi connectivity index (χ3n) is 2.92. The number of nitrogens with one attached hydrogen (secondary N) is 1. The zero-order chi connectivity index (χ0) is 10.3. The molecule has 0 saturated carbocycles. The van der Waals surface area contributed by atoms with Crippen LogP contribution in [0.15, 0.2) is 12.1 Å². The molecule has 0 radical (unpaired) electrons. The molecule has 4 heteroatoms. The first kappa shape index (κ1) is 8.85. The lowest BCUT2D eigenvalue weighted by atomic mass is 10.0. The van der Waals surface area contributed by atoms with E-state index in [0.717, 1.165) is 30.7 Å². The highest BCUT2D eigenvalue weighted by Gasteiger charge is 2.26. The summed E-state index contributed by atoms with van der Waals surface area (Å²) in [6.07, 6.45) is 2.25. The second-order valence-corrected chi connectivity index (χ2v) is 3.92. The molecule has 1 fully saturated rings. The van der Waals surface area contributed by atoms with Crippen molar-refractivity contribution in [2.24, 2.45) is 0 Å². The van der Waals surface area contributed by atoms with Gasteiger partial charge in [0.05, 0.1) is 0 Å². The Labute approximate surface area is 87.8 Å². The number of phenols is 1. The number of hydrogen-bond donors (Lipinski definition) is 2. The van der Waals surface area contributed by atoms with E-state index in [9.17, 15) is 5.11 Å². The Morgan fingerprint density at radius 3 is 3.07 bits per heavy atom. The van der Waals surface area contributed by atoms with Crippen molar-refractivity contribution < 1.29 is 14.6 Å². The quantitative estimate of drug-likeness (QED) is 0.733. The molecule has 80 valence electrons. The van der Waals surface area contributed by atoms with Gasteiger partial charge in [-0.15, -0.1) is 0 Å². The smallest absolute Gasteiger partial charge is 0.231 e. The van der Waals surface area contributed by atoms with Crippen LogP contribution in [-0.4, -0.2) is 18.4 Å². The SMILES string of the molecule is Oc1cc2c(c(C3CCCN3)c1)OCO2. The molecule has 0 aromatic heterocycles. The number of benzene rings is 1. The van der Waals surface area contributed by atoms with Gasteiger partial charge in [-0.1, -0.05) is 0 Å². The Kier molecular flexibility index (Phi) is 1.95. The van der Waals surface area contributed by atoms with Crippen molar-refractivity contribution in [3.8, 4) is 17.2 Å². The molecule has 2 heterocycles. The molecule has 1 saturated heterocycles. The molecule has 0 bridgehead atoms. The molecule has 0 aliphatic carbocycles. The molecule has 1 aromatic carbocycles. The van der Waals surface area contributed by atoms with Crippen LogP contribution in [0, 0.1) is 0 Å². The van der Waals surface area contributed by atoms with Gasteiger partial charge in [0.15, 0.2) is 11.5 Å². The largest absolute Gasteiger partial charge is 0.508 e. The summed E-state index contributed by atoms with van der Waals surface area (Å²) in [5.41, 5.74) is 1.01. The summed E-state index contributed by atoms with van der Waals surface area (Å²) in [4.78, 5) is 0. The van der Waals surface area contributed by atoms with E-state index in [2.05, 4.69) is 5.32 Å². The Balaban J connectivity index is 2.05. The standard InChI is InChI=1S/C11H13NO3/c13-7-4-8(9-2-1-3-12-9)11-10(5-7)14-6-15-11/h4-5,9,12-13H,1-3,6H2. The average Bonchev–Trinajstić information content (AvgIpc) is 2.86. The molecular formula is C11H13NO3. The van der Waals surface area contributed by atoms with Gasteiger partial charge in [-0.3, -0.25) is 0 Å². The van der Waals surface area contributed by atoms with E-state index < -0.39 is 0 Å². The van der Waals surface area contributed by atoms with Crippen molar-refractivity contribution in [2.75, 3.05) is 13.3 Å². The summed E-state index contributed by atoms with van der Waals surface area (Å²) in [6, 6.07) is 3.64. The number of fused-ring (bicyclic) bond motifs is 1. The summed E-state index contributed by atoms with van der Waals surface area (Å²) in [7, 11) is 0. The zero-order valence-corrected chi connectivity index (χ0v) is 8.32. The van der Waals surface area contributed by atoms with Crippen LogP contribution in [0.2, 0.25) is 0 Å². The van der Waals surface area contributed by atoms with Crippen LogP contribution in [-0.2, 0) is 0 Å². The van der Waals surface area contributed by atoms with Gasteiger partial charge in [0.25, 0.3) is 0 Å². The van der Waals surface area contributed by atoms with Crippen LogP contribution in [0.5, 0.6) is 17.2 Å². The Bertz CT molecular complexity index is 386. The van der Waals surface area contributed by atoms with Crippen LogP contribution >= 0.6 is 0 Å². The molecule has 1 unspecified atom stereocenters. The minimum atomic E-state index is 0.239. The van der Waals surface area contributed by atoms with Gasteiger partial charge in [-0.2, -0.15) is 0 Å². The maximum Gasteiger partial charge on any atom is 0.231 e. The molecule has 1 atom stereocenters. The maximum absolute atomic E-state index is 9.57. The third-order valence-corrected chi connectivity index (χ3v) is 2.92. The number of aromatic hydroxyl groups is 1. The van der Waals surface area contributed by atoms with Crippen molar-refractivity contribution in [3.63, 3.8) is 0 Å². The van der Waals surface area contributed by atoms with E-state index >= 15 is 0 Å². The van der Waals surface area contributed by atoms with Gasteiger partial charge in [-0.05, 0) is 25.5 Å². The van der Waals surface area contributed by atoms with Gasteiger partial charge in [0.2, 0.25) is 6.79 Å². The molecule has 0 amide bonds. The summed E-state index contributed by atoms with van der Waals surface area (Å²) < 4.78 is 10.7. The lowest BCUT2D eigenvalue weighted by Gasteiger charge is -2.13. The van der Waals surface area contributed by atoms with E-state index in [1.54, 1.807) is 12.1 Å². The summed E-state index contributed by atoms with van der Waals surface area (Å²) in [5, 5.41) is 13.0. The highest BCUT2D eigenvalue weighted by atomic mass is 16.7. The summed E-state index contributed by atoms with van der Waals surface area (Å²) >= 11 is 0. The van der Waals surface area contributed by atoms with Crippen molar-refractivity contribution in [3.05, 3.63) is 17.7 Å². The number of ether oxygens (including phenoxy) is 2. The Hall–Kier alpha value is -1.42. The fraction of sp³-hybridized carbons (Fsp3) is 0.455. The molecule has 2 aliphatic rings. The van der Waals surface area contributed by atoms with Crippen LogP contribution in [0.4, 0.5) is 0 Å². The third kappa shape index (κ3) is 1.41. The molecule has 3 rings (SSSR count). The van der Waals surface area contributed by atoms with Crippen molar-refractivity contribution in [2.45, 2.75) is 18.9 Å². The molecular weight excluding hydrogens is 194 g/mol. The monoisotopic (exact) mass is 207 g/mol. The predicted octanol–water partition coefficient (Wildman–Crippen LogP) is 1.55.